The molecule has 0 bridgehead atoms. The third-order valence-electron chi connectivity index (χ3n) is 4.44. The molecule has 116 valence electrons. The highest BCUT2D eigenvalue weighted by atomic mass is 35.5. The zero-order valence-electron chi connectivity index (χ0n) is 13.3. The number of aryl methyl sites for hydroxylation is 1. The van der Waals surface area contributed by atoms with Crippen molar-refractivity contribution in [1.29, 1.82) is 0 Å². The molecule has 1 aromatic heterocycles. The Labute approximate surface area is 137 Å². The maximum absolute atomic E-state index is 6.15. The minimum Gasteiger partial charge on any atom is -0.355 e. The lowest BCUT2D eigenvalue weighted by molar-refractivity contribution is 0.607. The van der Waals surface area contributed by atoms with Crippen LogP contribution in [-0.4, -0.2) is 4.98 Å². The van der Waals surface area contributed by atoms with Crippen LogP contribution in [0.15, 0.2) is 36.4 Å². The zero-order chi connectivity index (χ0) is 15.4. The van der Waals surface area contributed by atoms with E-state index in [0.29, 0.717) is 0 Å². The Bertz CT molecular complexity index is 757. The number of rotatable bonds is 7. The van der Waals surface area contributed by atoms with Crippen molar-refractivity contribution in [2.75, 3.05) is 0 Å². The van der Waals surface area contributed by atoms with Gasteiger partial charge in [-0.3, -0.25) is 0 Å². The molecule has 0 unspecified atom stereocenters. The number of H-pyrrole nitrogens is 1. The van der Waals surface area contributed by atoms with E-state index in [1.807, 2.05) is 6.07 Å². The fourth-order valence-electron chi connectivity index (χ4n) is 3.18. The van der Waals surface area contributed by atoms with Crippen LogP contribution in [0.2, 0.25) is 5.02 Å². The summed E-state index contributed by atoms with van der Waals surface area (Å²) in [4.78, 5) is 3.46. The first-order valence-electron chi connectivity index (χ1n) is 8.48. The molecule has 0 atom stereocenters. The van der Waals surface area contributed by atoms with Crippen LogP contribution in [0.4, 0.5) is 0 Å². The third kappa shape index (κ3) is 3.47. The third-order valence-corrected chi connectivity index (χ3v) is 4.68. The SMILES string of the molecule is CCCCCCCCc1ccc2[nH]c3ccc(Cl)cc3c2c1. The Morgan fingerprint density at radius 1 is 0.818 bits per heavy atom. The molecule has 3 aromatic rings. The molecule has 22 heavy (non-hydrogen) atoms. The van der Waals surface area contributed by atoms with Crippen LogP contribution >= 0.6 is 11.6 Å². The largest absolute Gasteiger partial charge is 0.355 e. The molecular formula is C20H24ClN. The van der Waals surface area contributed by atoms with E-state index in [1.165, 1.54) is 66.8 Å². The predicted octanol–water partition coefficient (Wildman–Crippen LogP) is 6.88. The van der Waals surface area contributed by atoms with Crippen molar-refractivity contribution in [2.45, 2.75) is 51.9 Å². The fourth-order valence-corrected chi connectivity index (χ4v) is 3.35. The van der Waals surface area contributed by atoms with E-state index in [1.54, 1.807) is 0 Å². The van der Waals surface area contributed by atoms with Gasteiger partial charge in [0, 0.05) is 26.8 Å². The summed E-state index contributed by atoms with van der Waals surface area (Å²) in [5.74, 6) is 0. The summed E-state index contributed by atoms with van der Waals surface area (Å²) >= 11 is 6.15. The Morgan fingerprint density at radius 2 is 1.50 bits per heavy atom. The quantitative estimate of drug-likeness (QED) is 0.458. The zero-order valence-corrected chi connectivity index (χ0v) is 14.0. The number of halogens is 1. The average molecular weight is 314 g/mol. The maximum atomic E-state index is 6.15. The van der Waals surface area contributed by atoms with Gasteiger partial charge in [-0.15, -0.1) is 0 Å². The summed E-state index contributed by atoms with van der Waals surface area (Å²) in [5, 5.41) is 3.32. The van der Waals surface area contributed by atoms with E-state index < -0.39 is 0 Å². The van der Waals surface area contributed by atoms with Crippen LogP contribution in [0.25, 0.3) is 21.8 Å². The number of benzene rings is 2. The molecule has 0 amide bonds. The van der Waals surface area contributed by atoms with Gasteiger partial charge in [0.1, 0.15) is 0 Å². The molecule has 1 heterocycles. The van der Waals surface area contributed by atoms with Gasteiger partial charge in [-0.2, -0.15) is 0 Å². The topological polar surface area (TPSA) is 15.8 Å². The standard InChI is InChI=1S/C20H24ClN/c1-2-3-4-5-6-7-8-15-9-11-19-17(13-15)18-14-16(21)10-12-20(18)22-19/h9-14,22H,2-8H2,1H3. The second-order valence-corrected chi connectivity index (χ2v) is 6.65. The van der Waals surface area contributed by atoms with E-state index >= 15 is 0 Å². The van der Waals surface area contributed by atoms with Gasteiger partial charge in [0.15, 0.2) is 0 Å². The molecule has 0 fully saturated rings. The molecule has 1 N–H and O–H groups in total. The number of hydrogen-bond donors (Lipinski definition) is 1. The number of aromatic amines is 1. The average Bonchev–Trinajstić information content (AvgIpc) is 2.88. The molecule has 0 radical (unpaired) electrons. The van der Waals surface area contributed by atoms with Crippen molar-refractivity contribution < 1.29 is 0 Å². The molecule has 0 aliphatic carbocycles. The number of fused-ring (bicyclic) bond motifs is 3. The number of hydrogen-bond acceptors (Lipinski definition) is 0. The van der Waals surface area contributed by atoms with Crippen molar-refractivity contribution >= 4 is 33.4 Å². The first-order chi connectivity index (χ1) is 10.8. The lowest BCUT2D eigenvalue weighted by atomic mass is 10.0. The van der Waals surface area contributed by atoms with Gasteiger partial charge < -0.3 is 4.98 Å². The van der Waals surface area contributed by atoms with E-state index in [9.17, 15) is 0 Å². The van der Waals surface area contributed by atoms with Crippen LogP contribution in [0.3, 0.4) is 0 Å². The Kier molecular flexibility index (Phi) is 5.04. The molecule has 2 heteroatoms. The van der Waals surface area contributed by atoms with Crippen molar-refractivity contribution in [2.24, 2.45) is 0 Å². The lowest BCUT2D eigenvalue weighted by Gasteiger charge is -2.03. The van der Waals surface area contributed by atoms with Crippen LogP contribution in [-0.2, 0) is 6.42 Å². The Balaban J connectivity index is 1.72. The van der Waals surface area contributed by atoms with Gasteiger partial charge in [0.05, 0.1) is 0 Å². The summed E-state index contributed by atoms with van der Waals surface area (Å²) in [7, 11) is 0. The molecular weight excluding hydrogens is 290 g/mol. The maximum Gasteiger partial charge on any atom is 0.0465 e. The molecule has 3 rings (SSSR count). The molecule has 0 saturated heterocycles. The van der Waals surface area contributed by atoms with Crippen LogP contribution in [0.5, 0.6) is 0 Å². The van der Waals surface area contributed by atoms with Crippen LogP contribution < -0.4 is 0 Å². The molecule has 0 saturated carbocycles. The van der Waals surface area contributed by atoms with Gasteiger partial charge in [0.25, 0.3) is 0 Å². The van der Waals surface area contributed by atoms with Crippen LogP contribution in [0.1, 0.15) is 51.0 Å². The Morgan fingerprint density at radius 3 is 2.32 bits per heavy atom. The minimum atomic E-state index is 0.801. The highest BCUT2D eigenvalue weighted by molar-refractivity contribution is 6.31. The molecule has 0 aliphatic rings. The summed E-state index contributed by atoms with van der Waals surface area (Å²) in [5.41, 5.74) is 3.80. The van der Waals surface area contributed by atoms with Crippen molar-refractivity contribution in [3.05, 3.63) is 47.0 Å². The van der Waals surface area contributed by atoms with Crippen molar-refractivity contribution in [3.63, 3.8) is 0 Å². The van der Waals surface area contributed by atoms with E-state index in [2.05, 4.69) is 42.2 Å². The summed E-state index contributed by atoms with van der Waals surface area (Å²) in [6.45, 7) is 2.27. The summed E-state index contributed by atoms with van der Waals surface area (Å²) < 4.78 is 0. The highest BCUT2D eigenvalue weighted by Gasteiger charge is 2.05. The first kappa shape index (κ1) is 15.4. The summed E-state index contributed by atoms with van der Waals surface area (Å²) in [6, 6.07) is 12.9. The normalized spacial score (nSPS) is 11.5. The molecule has 0 aliphatic heterocycles. The number of nitrogens with one attached hydrogen (secondary N) is 1. The van der Waals surface area contributed by atoms with E-state index in [4.69, 9.17) is 11.6 Å². The number of aromatic nitrogens is 1. The number of unbranched alkanes of at least 4 members (excludes halogenated alkanes) is 5. The van der Waals surface area contributed by atoms with E-state index in [-0.39, 0.29) is 0 Å². The summed E-state index contributed by atoms with van der Waals surface area (Å²) in [6.07, 6.45) is 9.27. The van der Waals surface area contributed by atoms with Crippen molar-refractivity contribution in [3.8, 4) is 0 Å². The predicted molar refractivity (Wildman–Crippen MR) is 97.9 cm³/mol. The van der Waals surface area contributed by atoms with Gasteiger partial charge >= 0.3 is 0 Å². The smallest absolute Gasteiger partial charge is 0.0465 e. The van der Waals surface area contributed by atoms with Gasteiger partial charge in [-0.05, 0) is 48.7 Å². The lowest BCUT2D eigenvalue weighted by Crippen LogP contribution is -1.86. The van der Waals surface area contributed by atoms with Gasteiger partial charge in [-0.25, -0.2) is 0 Å². The first-order valence-corrected chi connectivity index (χ1v) is 8.85. The van der Waals surface area contributed by atoms with Gasteiger partial charge in [-0.1, -0.05) is 56.7 Å². The van der Waals surface area contributed by atoms with Gasteiger partial charge in [0.2, 0.25) is 0 Å². The second kappa shape index (κ2) is 7.19. The van der Waals surface area contributed by atoms with Crippen LogP contribution in [0, 0.1) is 0 Å². The molecule has 0 spiro atoms. The second-order valence-electron chi connectivity index (χ2n) is 6.21. The minimum absolute atomic E-state index is 0.801. The fraction of sp³-hybridized carbons (Fsp3) is 0.400. The highest BCUT2D eigenvalue weighted by Crippen LogP contribution is 2.29. The Hall–Kier alpha value is -1.47. The van der Waals surface area contributed by atoms with E-state index in [0.717, 1.165) is 10.5 Å². The van der Waals surface area contributed by atoms with Crippen molar-refractivity contribution in [1.82, 2.24) is 4.98 Å². The molecule has 2 aromatic carbocycles. The molecule has 1 nitrogen and oxygen atoms in total. The monoisotopic (exact) mass is 313 g/mol.